The van der Waals surface area contributed by atoms with Crippen LogP contribution in [0.1, 0.15) is 66.2 Å². The van der Waals surface area contributed by atoms with Gasteiger partial charge in [0.05, 0.1) is 0 Å². The Kier molecular flexibility index (Phi) is 6.42. The van der Waals surface area contributed by atoms with Crippen LogP contribution in [0.2, 0.25) is 0 Å². The van der Waals surface area contributed by atoms with Gasteiger partial charge < -0.3 is 5.32 Å². The number of allylic oxidation sites excluding steroid dienone is 1. The average molecular weight is 251 g/mol. The van der Waals surface area contributed by atoms with Crippen molar-refractivity contribution >= 4 is 0 Å². The third-order valence-electron chi connectivity index (χ3n) is 4.46. The van der Waals surface area contributed by atoms with Gasteiger partial charge in [-0.3, -0.25) is 0 Å². The average Bonchev–Trinajstić information content (AvgIpc) is 2.33. The first kappa shape index (κ1) is 15.8. The van der Waals surface area contributed by atoms with Crippen molar-refractivity contribution in [2.75, 3.05) is 6.54 Å². The number of nitrogens with one attached hydrogen (secondary N) is 1. The van der Waals surface area contributed by atoms with E-state index in [1.165, 1.54) is 45.1 Å². The Balaban J connectivity index is 2.49. The SMILES string of the molecule is C=CCCC1CC(CC)CCC1CNC(C)(C)C. The largest absolute Gasteiger partial charge is 0.312 e. The molecule has 0 aromatic rings. The molecular weight excluding hydrogens is 218 g/mol. The molecule has 3 atom stereocenters. The Hall–Kier alpha value is -0.300. The van der Waals surface area contributed by atoms with Gasteiger partial charge in [-0.1, -0.05) is 25.8 Å². The van der Waals surface area contributed by atoms with Gasteiger partial charge in [0.1, 0.15) is 0 Å². The van der Waals surface area contributed by atoms with Crippen molar-refractivity contribution in [1.82, 2.24) is 5.32 Å². The quantitative estimate of drug-likeness (QED) is 0.670. The summed E-state index contributed by atoms with van der Waals surface area (Å²) >= 11 is 0. The molecule has 0 spiro atoms. The topological polar surface area (TPSA) is 12.0 Å². The summed E-state index contributed by atoms with van der Waals surface area (Å²) in [5.74, 6) is 2.77. The van der Waals surface area contributed by atoms with E-state index >= 15 is 0 Å². The molecule has 0 saturated heterocycles. The summed E-state index contributed by atoms with van der Waals surface area (Å²) in [4.78, 5) is 0. The first-order valence-corrected chi connectivity index (χ1v) is 7.82. The van der Waals surface area contributed by atoms with Crippen molar-refractivity contribution < 1.29 is 0 Å². The standard InChI is InChI=1S/C17H33N/c1-6-8-9-15-12-14(7-2)10-11-16(15)13-18-17(3,4)5/h6,14-16,18H,1,7-13H2,2-5H3. The number of hydrogen-bond donors (Lipinski definition) is 1. The summed E-state index contributed by atoms with van der Waals surface area (Å²) in [5, 5.41) is 3.71. The van der Waals surface area contributed by atoms with E-state index in [0.29, 0.717) is 0 Å². The molecule has 3 unspecified atom stereocenters. The van der Waals surface area contributed by atoms with Crippen LogP contribution >= 0.6 is 0 Å². The van der Waals surface area contributed by atoms with Crippen molar-refractivity contribution in [2.45, 2.75) is 71.8 Å². The van der Waals surface area contributed by atoms with Gasteiger partial charge in [0, 0.05) is 5.54 Å². The van der Waals surface area contributed by atoms with Crippen LogP contribution < -0.4 is 5.32 Å². The van der Waals surface area contributed by atoms with E-state index in [9.17, 15) is 0 Å². The molecule has 0 aromatic heterocycles. The molecule has 0 radical (unpaired) electrons. The monoisotopic (exact) mass is 251 g/mol. The predicted octanol–water partition coefficient (Wildman–Crippen LogP) is 4.78. The second-order valence-corrected chi connectivity index (χ2v) is 7.10. The van der Waals surface area contributed by atoms with Crippen LogP contribution in [0.3, 0.4) is 0 Å². The summed E-state index contributed by atoms with van der Waals surface area (Å²) in [7, 11) is 0. The van der Waals surface area contributed by atoms with Crippen LogP contribution in [0.15, 0.2) is 12.7 Å². The van der Waals surface area contributed by atoms with Gasteiger partial charge >= 0.3 is 0 Å². The minimum Gasteiger partial charge on any atom is -0.312 e. The smallest absolute Gasteiger partial charge is 0.00966 e. The highest BCUT2D eigenvalue weighted by molar-refractivity contribution is 4.84. The number of hydrogen-bond acceptors (Lipinski definition) is 1. The highest BCUT2D eigenvalue weighted by Crippen LogP contribution is 2.37. The lowest BCUT2D eigenvalue weighted by Crippen LogP contribution is -2.42. The maximum Gasteiger partial charge on any atom is 0.00966 e. The van der Waals surface area contributed by atoms with E-state index in [1.54, 1.807) is 0 Å². The molecule has 18 heavy (non-hydrogen) atoms. The third kappa shape index (κ3) is 5.56. The molecule has 1 fully saturated rings. The molecule has 106 valence electrons. The molecule has 1 aliphatic carbocycles. The fourth-order valence-electron chi connectivity index (χ4n) is 3.19. The summed E-state index contributed by atoms with van der Waals surface area (Å²) in [6.07, 6.45) is 10.3. The van der Waals surface area contributed by atoms with Gasteiger partial charge in [-0.15, -0.1) is 6.58 Å². The molecule has 1 rings (SSSR count). The molecule has 0 amide bonds. The Morgan fingerprint density at radius 3 is 2.50 bits per heavy atom. The van der Waals surface area contributed by atoms with Crippen LogP contribution in [-0.4, -0.2) is 12.1 Å². The molecule has 1 heteroatoms. The Morgan fingerprint density at radius 2 is 1.94 bits per heavy atom. The van der Waals surface area contributed by atoms with Crippen LogP contribution in [-0.2, 0) is 0 Å². The van der Waals surface area contributed by atoms with E-state index in [4.69, 9.17) is 0 Å². The van der Waals surface area contributed by atoms with Crippen LogP contribution in [0.25, 0.3) is 0 Å². The zero-order valence-electron chi connectivity index (χ0n) is 13.0. The lowest BCUT2D eigenvalue weighted by atomic mass is 9.71. The number of rotatable bonds is 6. The maximum absolute atomic E-state index is 3.88. The molecule has 1 aliphatic rings. The normalized spacial score (nSPS) is 29.2. The van der Waals surface area contributed by atoms with Crippen molar-refractivity contribution in [1.29, 1.82) is 0 Å². The first-order chi connectivity index (χ1) is 8.46. The highest BCUT2D eigenvalue weighted by atomic mass is 14.9. The fraction of sp³-hybridized carbons (Fsp3) is 0.882. The predicted molar refractivity (Wildman–Crippen MR) is 81.8 cm³/mol. The minimum atomic E-state index is 0.255. The van der Waals surface area contributed by atoms with Gasteiger partial charge in [-0.2, -0.15) is 0 Å². The lowest BCUT2D eigenvalue weighted by molar-refractivity contribution is 0.156. The Morgan fingerprint density at radius 1 is 1.22 bits per heavy atom. The van der Waals surface area contributed by atoms with Crippen molar-refractivity contribution in [3.63, 3.8) is 0 Å². The van der Waals surface area contributed by atoms with E-state index in [0.717, 1.165) is 17.8 Å². The molecule has 1 saturated carbocycles. The summed E-state index contributed by atoms with van der Waals surface area (Å²) in [6.45, 7) is 14.2. The first-order valence-electron chi connectivity index (χ1n) is 7.82. The van der Waals surface area contributed by atoms with Gasteiger partial charge in [-0.05, 0) is 70.8 Å². The molecule has 1 nitrogen and oxygen atoms in total. The van der Waals surface area contributed by atoms with E-state index < -0.39 is 0 Å². The second kappa shape index (κ2) is 7.33. The van der Waals surface area contributed by atoms with Gasteiger partial charge in [0.15, 0.2) is 0 Å². The van der Waals surface area contributed by atoms with Crippen LogP contribution in [0, 0.1) is 17.8 Å². The van der Waals surface area contributed by atoms with E-state index in [1.807, 2.05) is 0 Å². The molecule has 0 aromatic carbocycles. The van der Waals surface area contributed by atoms with Crippen LogP contribution in [0.5, 0.6) is 0 Å². The summed E-state index contributed by atoms with van der Waals surface area (Å²) in [5.41, 5.74) is 0.255. The summed E-state index contributed by atoms with van der Waals surface area (Å²) < 4.78 is 0. The molecule has 1 N–H and O–H groups in total. The van der Waals surface area contributed by atoms with Crippen molar-refractivity contribution in [3.8, 4) is 0 Å². The van der Waals surface area contributed by atoms with Crippen molar-refractivity contribution in [3.05, 3.63) is 12.7 Å². The van der Waals surface area contributed by atoms with Gasteiger partial charge in [0.25, 0.3) is 0 Å². The van der Waals surface area contributed by atoms with Crippen LogP contribution in [0.4, 0.5) is 0 Å². The lowest BCUT2D eigenvalue weighted by Gasteiger charge is -2.37. The Bertz CT molecular complexity index is 238. The zero-order chi connectivity index (χ0) is 13.6. The molecule has 0 aliphatic heterocycles. The summed E-state index contributed by atoms with van der Waals surface area (Å²) in [6, 6.07) is 0. The minimum absolute atomic E-state index is 0.255. The van der Waals surface area contributed by atoms with Gasteiger partial charge in [0.2, 0.25) is 0 Å². The van der Waals surface area contributed by atoms with E-state index in [-0.39, 0.29) is 5.54 Å². The van der Waals surface area contributed by atoms with Crippen molar-refractivity contribution in [2.24, 2.45) is 17.8 Å². The second-order valence-electron chi connectivity index (χ2n) is 7.10. The molecule has 0 bridgehead atoms. The Labute approximate surface area is 114 Å². The highest BCUT2D eigenvalue weighted by Gasteiger charge is 2.29. The molecular formula is C17H33N. The fourth-order valence-corrected chi connectivity index (χ4v) is 3.19. The maximum atomic E-state index is 3.88. The van der Waals surface area contributed by atoms with E-state index in [2.05, 4.69) is 45.7 Å². The zero-order valence-corrected chi connectivity index (χ0v) is 13.0. The van der Waals surface area contributed by atoms with Gasteiger partial charge in [-0.25, -0.2) is 0 Å². The third-order valence-corrected chi connectivity index (χ3v) is 4.46. The molecule has 0 heterocycles.